The number of hydrogen-bond acceptors (Lipinski definition) is 2. The summed E-state index contributed by atoms with van der Waals surface area (Å²) in [5.41, 5.74) is 14.1. The van der Waals surface area contributed by atoms with Crippen molar-refractivity contribution in [3.8, 4) is 45.0 Å². The number of nitrogens with zero attached hydrogens (tertiary/aromatic N) is 3. The van der Waals surface area contributed by atoms with Gasteiger partial charge in [0.2, 0.25) is 0 Å². The largest absolute Gasteiger partial charge is 0.456 e. The molecule has 248 valence electrons. The lowest BCUT2D eigenvalue weighted by Gasteiger charge is -2.10. The Morgan fingerprint density at radius 2 is 1.08 bits per heavy atom. The number of para-hydroxylation sites is 4. The number of imidazole rings is 1. The smallest absolute Gasteiger partial charge is 0.145 e. The second-order valence-corrected chi connectivity index (χ2v) is 13.6. The highest BCUT2D eigenvalue weighted by atomic mass is 16.3. The molecule has 53 heavy (non-hydrogen) atoms. The molecule has 0 amide bonds. The van der Waals surface area contributed by atoms with E-state index in [-0.39, 0.29) is 0 Å². The Bertz CT molecular complexity index is 3150. The van der Waals surface area contributed by atoms with Crippen LogP contribution in [0.15, 0.2) is 192 Å². The number of hydrogen-bond donors (Lipinski definition) is 0. The number of rotatable bonds is 5. The fraction of sp³-hybridized carbons (Fsp3) is 0. The third kappa shape index (κ3) is 4.66. The molecule has 0 saturated heterocycles. The van der Waals surface area contributed by atoms with Gasteiger partial charge in [0, 0.05) is 44.5 Å². The summed E-state index contributed by atoms with van der Waals surface area (Å²) >= 11 is 0. The Morgan fingerprint density at radius 3 is 1.92 bits per heavy atom. The summed E-state index contributed by atoms with van der Waals surface area (Å²) in [7, 11) is 0. The van der Waals surface area contributed by atoms with Gasteiger partial charge < -0.3 is 8.98 Å². The highest BCUT2D eigenvalue weighted by molar-refractivity contribution is 6.14. The van der Waals surface area contributed by atoms with Gasteiger partial charge in [-0.15, -0.1) is 0 Å². The van der Waals surface area contributed by atoms with E-state index in [4.69, 9.17) is 9.40 Å². The molecule has 0 saturated carbocycles. The zero-order valence-corrected chi connectivity index (χ0v) is 28.6. The number of furan rings is 1. The SMILES string of the molecule is c1ccc(-c2ccc3c(c2)c2ccccc2n3-c2ccc3c(c2)oc2cccc(-c4ccc(-c5nc6ccccc6n5-c5ccccc5)cc4)c23)cc1. The maximum Gasteiger partial charge on any atom is 0.145 e. The number of benzene rings is 8. The van der Waals surface area contributed by atoms with E-state index in [0.29, 0.717) is 0 Å². The second-order valence-electron chi connectivity index (χ2n) is 13.6. The van der Waals surface area contributed by atoms with Gasteiger partial charge in [0.25, 0.3) is 0 Å². The Labute approximate surface area is 305 Å². The molecule has 0 aliphatic rings. The van der Waals surface area contributed by atoms with Crippen molar-refractivity contribution in [2.45, 2.75) is 0 Å². The van der Waals surface area contributed by atoms with Crippen molar-refractivity contribution in [3.63, 3.8) is 0 Å². The molecule has 4 nitrogen and oxygen atoms in total. The summed E-state index contributed by atoms with van der Waals surface area (Å²) in [6.07, 6.45) is 0. The molecule has 3 heterocycles. The quantitative estimate of drug-likeness (QED) is 0.182. The average Bonchev–Trinajstić information content (AvgIpc) is 3.91. The molecule has 11 rings (SSSR count). The minimum Gasteiger partial charge on any atom is -0.456 e. The summed E-state index contributed by atoms with van der Waals surface area (Å²) in [6.45, 7) is 0. The molecular formula is C49H31N3O. The number of fused-ring (bicyclic) bond motifs is 7. The van der Waals surface area contributed by atoms with E-state index in [0.717, 1.165) is 66.9 Å². The average molecular weight is 678 g/mol. The van der Waals surface area contributed by atoms with Gasteiger partial charge >= 0.3 is 0 Å². The Morgan fingerprint density at radius 1 is 0.377 bits per heavy atom. The monoisotopic (exact) mass is 677 g/mol. The first-order valence-corrected chi connectivity index (χ1v) is 18.0. The van der Waals surface area contributed by atoms with E-state index in [2.05, 4.69) is 185 Å². The molecule has 4 heteroatoms. The van der Waals surface area contributed by atoms with Crippen molar-refractivity contribution < 1.29 is 4.42 Å². The van der Waals surface area contributed by atoms with Crippen molar-refractivity contribution in [1.29, 1.82) is 0 Å². The topological polar surface area (TPSA) is 35.9 Å². The number of aromatic nitrogens is 3. The van der Waals surface area contributed by atoms with E-state index in [1.54, 1.807) is 0 Å². The molecule has 3 aromatic heterocycles. The summed E-state index contributed by atoms with van der Waals surface area (Å²) in [4.78, 5) is 5.08. The minimum absolute atomic E-state index is 0.866. The van der Waals surface area contributed by atoms with E-state index in [1.807, 2.05) is 12.1 Å². The molecule has 0 spiro atoms. The van der Waals surface area contributed by atoms with E-state index >= 15 is 0 Å². The molecule has 0 aliphatic heterocycles. The molecule has 11 aromatic rings. The van der Waals surface area contributed by atoms with Crippen LogP contribution in [0.25, 0.3) is 99.8 Å². The highest BCUT2D eigenvalue weighted by Gasteiger charge is 2.18. The third-order valence-electron chi connectivity index (χ3n) is 10.5. The van der Waals surface area contributed by atoms with E-state index in [9.17, 15) is 0 Å². The molecule has 0 bridgehead atoms. The molecule has 0 unspecified atom stereocenters. The fourth-order valence-electron chi connectivity index (χ4n) is 8.11. The highest BCUT2D eigenvalue weighted by Crippen LogP contribution is 2.40. The zero-order chi connectivity index (χ0) is 34.9. The van der Waals surface area contributed by atoms with Crippen LogP contribution in [0.3, 0.4) is 0 Å². The molecule has 8 aromatic carbocycles. The predicted octanol–water partition coefficient (Wildman–Crippen LogP) is 13.0. The predicted molar refractivity (Wildman–Crippen MR) is 219 cm³/mol. The van der Waals surface area contributed by atoms with Gasteiger partial charge in [0.1, 0.15) is 17.0 Å². The first-order valence-electron chi connectivity index (χ1n) is 18.0. The van der Waals surface area contributed by atoms with Crippen LogP contribution in [-0.4, -0.2) is 14.1 Å². The molecule has 0 aliphatic carbocycles. The Balaban J connectivity index is 1.02. The minimum atomic E-state index is 0.866. The maximum atomic E-state index is 6.62. The summed E-state index contributed by atoms with van der Waals surface area (Å²) in [6, 6.07) is 66.5. The van der Waals surface area contributed by atoms with Crippen molar-refractivity contribution in [1.82, 2.24) is 14.1 Å². The third-order valence-corrected chi connectivity index (χ3v) is 10.5. The van der Waals surface area contributed by atoms with Crippen LogP contribution < -0.4 is 0 Å². The van der Waals surface area contributed by atoms with Crippen LogP contribution in [0.1, 0.15) is 0 Å². The van der Waals surface area contributed by atoms with Crippen molar-refractivity contribution in [3.05, 3.63) is 188 Å². The second kappa shape index (κ2) is 11.7. The van der Waals surface area contributed by atoms with Crippen LogP contribution in [0.4, 0.5) is 0 Å². The molecule has 0 atom stereocenters. The van der Waals surface area contributed by atoms with Crippen LogP contribution in [0.5, 0.6) is 0 Å². The van der Waals surface area contributed by atoms with Crippen molar-refractivity contribution in [2.75, 3.05) is 0 Å². The summed E-state index contributed by atoms with van der Waals surface area (Å²) in [5.74, 6) is 0.921. The van der Waals surface area contributed by atoms with Crippen LogP contribution >= 0.6 is 0 Å². The lowest BCUT2D eigenvalue weighted by Crippen LogP contribution is -1.97. The van der Waals surface area contributed by atoms with Crippen LogP contribution in [0, 0.1) is 0 Å². The Hall–Kier alpha value is -7.17. The molecular weight excluding hydrogens is 647 g/mol. The van der Waals surface area contributed by atoms with Gasteiger partial charge in [-0.2, -0.15) is 0 Å². The molecule has 0 N–H and O–H groups in total. The first-order chi connectivity index (χ1) is 26.3. The normalized spacial score (nSPS) is 11.8. The molecule has 0 fully saturated rings. The van der Waals surface area contributed by atoms with E-state index < -0.39 is 0 Å². The van der Waals surface area contributed by atoms with Gasteiger partial charge in [-0.1, -0.05) is 121 Å². The van der Waals surface area contributed by atoms with Gasteiger partial charge in [0.15, 0.2) is 0 Å². The Kier molecular flexibility index (Phi) is 6.52. The van der Waals surface area contributed by atoms with Crippen molar-refractivity contribution >= 4 is 54.8 Å². The summed E-state index contributed by atoms with van der Waals surface area (Å²) < 4.78 is 11.2. The van der Waals surface area contributed by atoms with E-state index in [1.165, 1.54) is 32.9 Å². The van der Waals surface area contributed by atoms with Gasteiger partial charge in [-0.05, 0) is 82.9 Å². The maximum absolute atomic E-state index is 6.62. The van der Waals surface area contributed by atoms with Gasteiger partial charge in [0.05, 0.1) is 22.1 Å². The van der Waals surface area contributed by atoms with Crippen LogP contribution in [0.2, 0.25) is 0 Å². The molecule has 0 radical (unpaired) electrons. The fourth-order valence-corrected chi connectivity index (χ4v) is 8.11. The standard InChI is InChI=1S/C49H31N3O/c1-3-12-32(13-4-1)35-26-29-44-41(30-35)39-16-7-9-19-43(39)51(44)37-27-28-40-47(31-37)53-46-21-11-17-38(48(40)46)33-22-24-34(25-23-33)49-50-42-18-8-10-20-45(42)52(49)36-14-5-2-6-15-36/h1-31H. The first kappa shape index (κ1) is 29.5. The summed E-state index contributed by atoms with van der Waals surface area (Å²) in [5, 5.41) is 4.68. The van der Waals surface area contributed by atoms with Crippen LogP contribution in [-0.2, 0) is 0 Å². The lowest BCUT2D eigenvalue weighted by molar-refractivity contribution is 0.668. The van der Waals surface area contributed by atoms with Crippen molar-refractivity contribution in [2.24, 2.45) is 0 Å². The van der Waals surface area contributed by atoms with Gasteiger partial charge in [-0.25, -0.2) is 4.98 Å². The van der Waals surface area contributed by atoms with Gasteiger partial charge in [-0.3, -0.25) is 4.57 Å². The zero-order valence-electron chi connectivity index (χ0n) is 28.6. The lowest BCUT2D eigenvalue weighted by atomic mass is 9.98.